The molecule has 0 saturated heterocycles. The number of hydrogen-bond donors (Lipinski definition) is 3. The average Bonchev–Trinajstić information content (AvgIpc) is 3.34. The van der Waals surface area contributed by atoms with Crippen LogP contribution in [0.15, 0.2) is 57.3 Å². The van der Waals surface area contributed by atoms with Crippen molar-refractivity contribution in [2.24, 2.45) is 0 Å². The van der Waals surface area contributed by atoms with Crippen LogP contribution < -0.4 is 16.2 Å². The third-order valence-corrected chi connectivity index (χ3v) is 4.48. The molecule has 3 heterocycles. The molecule has 8 heteroatoms. The minimum Gasteiger partial charge on any atom is -0.463 e. The number of rotatable bonds is 7. The molecule has 0 aliphatic rings. The van der Waals surface area contributed by atoms with Gasteiger partial charge in [0.15, 0.2) is 0 Å². The molecule has 0 aliphatic carbocycles. The smallest absolute Gasteiger partial charge is 0.261 e. The number of aromatic nitrogens is 1. The normalized spacial score (nSPS) is 10.5. The van der Waals surface area contributed by atoms with E-state index in [0.29, 0.717) is 35.8 Å². The van der Waals surface area contributed by atoms with Crippen molar-refractivity contribution < 1.29 is 14.0 Å². The lowest BCUT2D eigenvalue weighted by molar-refractivity contribution is 0.0951. The van der Waals surface area contributed by atoms with Crippen LogP contribution in [0, 0.1) is 0 Å². The second kappa shape index (κ2) is 8.30. The van der Waals surface area contributed by atoms with E-state index in [-0.39, 0.29) is 11.5 Å². The molecule has 3 aromatic rings. The number of hydrogen-bond acceptors (Lipinski definition) is 5. The molecular formula is C18H17N3O4S. The monoisotopic (exact) mass is 371 g/mol. The maximum absolute atomic E-state index is 12.1. The predicted octanol–water partition coefficient (Wildman–Crippen LogP) is 2.25. The van der Waals surface area contributed by atoms with Gasteiger partial charge in [0.2, 0.25) is 0 Å². The summed E-state index contributed by atoms with van der Waals surface area (Å²) in [6.45, 7) is 0.785. The molecule has 7 nitrogen and oxygen atoms in total. The zero-order chi connectivity index (χ0) is 18.4. The van der Waals surface area contributed by atoms with Gasteiger partial charge in [-0.25, -0.2) is 0 Å². The summed E-state index contributed by atoms with van der Waals surface area (Å²) in [5.74, 6) is -0.0614. The third-order valence-electron chi connectivity index (χ3n) is 3.61. The molecule has 0 aliphatic heterocycles. The first-order chi connectivity index (χ1) is 12.6. The molecule has 3 aromatic heterocycles. The molecule has 0 atom stereocenters. The zero-order valence-corrected chi connectivity index (χ0v) is 14.6. The van der Waals surface area contributed by atoms with E-state index >= 15 is 0 Å². The van der Waals surface area contributed by atoms with Crippen LogP contribution in [0.5, 0.6) is 0 Å². The van der Waals surface area contributed by atoms with Crippen molar-refractivity contribution >= 4 is 23.2 Å². The standard InChI is InChI=1S/C18H17N3O4S/c22-16(19-8-3-9-20-18(24)15-5-2-11-26-15)12-6-7-13(21-17(12)23)14-4-1-10-25-14/h1-2,4-7,10-11H,3,8-9H2,(H,19,22)(H,20,24)(H,21,23). The van der Waals surface area contributed by atoms with E-state index in [0.717, 1.165) is 0 Å². The fourth-order valence-electron chi connectivity index (χ4n) is 2.31. The van der Waals surface area contributed by atoms with Crippen LogP contribution in [-0.4, -0.2) is 29.9 Å². The van der Waals surface area contributed by atoms with Gasteiger partial charge in [0, 0.05) is 13.1 Å². The molecular weight excluding hydrogens is 354 g/mol. The van der Waals surface area contributed by atoms with Crippen molar-refractivity contribution in [3.63, 3.8) is 0 Å². The van der Waals surface area contributed by atoms with Gasteiger partial charge in [0.1, 0.15) is 11.3 Å². The Hall–Kier alpha value is -3.13. The van der Waals surface area contributed by atoms with Crippen molar-refractivity contribution in [2.75, 3.05) is 13.1 Å². The highest BCUT2D eigenvalue weighted by Gasteiger charge is 2.12. The second-order valence-corrected chi connectivity index (χ2v) is 6.38. The van der Waals surface area contributed by atoms with Crippen molar-refractivity contribution in [1.82, 2.24) is 15.6 Å². The molecule has 3 N–H and O–H groups in total. The number of nitrogens with one attached hydrogen (secondary N) is 3. The number of aromatic amines is 1. The first-order valence-electron chi connectivity index (χ1n) is 8.02. The van der Waals surface area contributed by atoms with Crippen LogP contribution in [-0.2, 0) is 0 Å². The van der Waals surface area contributed by atoms with Gasteiger partial charge in [-0.2, -0.15) is 0 Å². The summed E-state index contributed by atoms with van der Waals surface area (Å²) in [5.41, 5.74) is 0.0539. The third kappa shape index (κ3) is 4.28. The van der Waals surface area contributed by atoms with E-state index in [1.165, 1.54) is 23.7 Å². The molecule has 134 valence electrons. The lowest BCUT2D eigenvalue weighted by Gasteiger charge is -2.06. The maximum Gasteiger partial charge on any atom is 0.261 e. The molecule has 0 unspecified atom stereocenters. The Labute approximate surface area is 153 Å². The van der Waals surface area contributed by atoms with Gasteiger partial charge in [0.25, 0.3) is 17.4 Å². The van der Waals surface area contributed by atoms with Gasteiger partial charge in [0.05, 0.1) is 16.8 Å². The molecule has 3 rings (SSSR count). The molecule has 0 radical (unpaired) electrons. The van der Waals surface area contributed by atoms with Crippen LogP contribution in [0.1, 0.15) is 26.5 Å². The van der Waals surface area contributed by atoms with Crippen molar-refractivity contribution in [3.05, 3.63) is 68.8 Å². The quantitative estimate of drug-likeness (QED) is 0.554. The highest BCUT2D eigenvalue weighted by Crippen LogP contribution is 2.15. The van der Waals surface area contributed by atoms with E-state index in [9.17, 15) is 14.4 Å². The number of H-pyrrole nitrogens is 1. The van der Waals surface area contributed by atoms with E-state index in [1.54, 1.807) is 24.3 Å². The van der Waals surface area contributed by atoms with Crippen LogP contribution in [0.25, 0.3) is 11.5 Å². The number of thiophene rings is 1. The lowest BCUT2D eigenvalue weighted by Crippen LogP contribution is -2.32. The summed E-state index contributed by atoms with van der Waals surface area (Å²) in [7, 11) is 0. The molecule has 0 bridgehead atoms. The maximum atomic E-state index is 12.1. The first-order valence-corrected chi connectivity index (χ1v) is 8.90. The molecule has 0 spiro atoms. The van der Waals surface area contributed by atoms with Gasteiger partial charge in [-0.05, 0) is 42.1 Å². The van der Waals surface area contributed by atoms with Gasteiger partial charge in [-0.3, -0.25) is 14.4 Å². The van der Waals surface area contributed by atoms with Gasteiger partial charge in [-0.15, -0.1) is 11.3 Å². The molecule has 26 heavy (non-hydrogen) atoms. The Bertz CT molecular complexity index is 930. The van der Waals surface area contributed by atoms with Gasteiger partial charge >= 0.3 is 0 Å². The van der Waals surface area contributed by atoms with Crippen LogP contribution in [0.3, 0.4) is 0 Å². The van der Waals surface area contributed by atoms with Crippen LogP contribution in [0.2, 0.25) is 0 Å². The van der Waals surface area contributed by atoms with E-state index in [1.807, 2.05) is 11.4 Å². The van der Waals surface area contributed by atoms with E-state index in [2.05, 4.69) is 15.6 Å². The summed E-state index contributed by atoms with van der Waals surface area (Å²) >= 11 is 1.37. The molecule has 0 saturated carbocycles. The highest BCUT2D eigenvalue weighted by molar-refractivity contribution is 7.12. The molecule has 0 fully saturated rings. The summed E-state index contributed by atoms with van der Waals surface area (Å²) in [4.78, 5) is 39.2. The topological polar surface area (TPSA) is 104 Å². The van der Waals surface area contributed by atoms with E-state index < -0.39 is 11.5 Å². The molecule has 2 amide bonds. The Morgan fingerprint density at radius 3 is 2.50 bits per heavy atom. The SMILES string of the molecule is O=C(NCCCNC(=O)c1ccc(-c2ccco2)[nH]c1=O)c1cccs1. The number of amides is 2. The number of furan rings is 1. The Kier molecular flexibility index (Phi) is 5.65. The Morgan fingerprint density at radius 2 is 1.85 bits per heavy atom. The summed E-state index contributed by atoms with van der Waals surface area (Å²) < 4.78 is 5.21. The number of carbonyl (C=O) groups is 2. The Balaban J connectivity index is 1.46. The highest BCUT2D eigenvalue weighted by atomic mass is 32.1. The number of pyridine rings is 1. The summed E-state index contributed by atoms with van der Waals surface area (Å²) in [6.07, 6.45) is 2.07. The largest absolute Gasteiger partial charge is 0.463 e. The molecule has 0 aromatic carbocycles. The van der Waals surface area contributed by atoms with Crippen molar-refractivity contribution in [3.8, 4) is 11.5 Å². The van der Waals surface area contributed by atoms with E-state index in [4.69, 9.17) is 4.42 Å². The van der Waals surface area contributed by atoms with Crippen LogP contribution >= 0.6 is 11.3 Å². The summed E-state index contributed by atoms with van der Waals surface area (Å²) in [6, 6.07) is 10.1. The summed E-state index contributed by atoms with van der Waals surface area (Å²) in [5, 5.41) is 7.28. The van der Waals surface area contributed by atoms with Crippen molar-refractivity contribution in [2.45, 2.75) is 6.42 Å². The number of carbonyl (C=O) groups excluding carboxylic acids is 2. The van der Waals surface area contributed by atoms with Crippen LogP contribution in [0.4, 0.5) is 0 Å². The predicted molar refractivity (Wildman–Crippen MR) is 98.4 cm³/mol. The Morgan fingerprint density at radius 1 is 1.04 bits per heavy atom. The average molecular weight is 371 g/mol. The van der Waals surface area contributed by atoms with Gasteiger partial charge in [-0.1, -0.05) is 6.07 Å². The first kappa shape index (κ1) is 17.7. The minimum atomic E-state index is -0.484. The van der Waals surface area contributed by atoms with Gasteiger partial charge < -0.3 is 20.0 Å². The zero-order valence-electron chi connectivity index (χ0n) is 13.8. The minimum absolute atomic E-state index is 0.0305. The van der Waals surface area contributed by atoms with Crippen molar-refractivity contribution in [1.29, 1.82) is 0 Å². The fourth-order valence-corrected chi connectivity index (χ4v) is 2.95. The lowest BCUT2D eigenvalue weighted by atomic mass is 10.2. The fraction of sp³-hybridized carbons (Fsp3) is 0.167. The second-order valence-electron chi connectivity index (χ2n) is 5.43.